The summed E-state index contributed by atoms with van der Waals surface area (Å²) in [5.74, 6) is -0.464. The van der Waals surface area contributed by atoms with Crippen LogP contribution in [0.1, 0.15) is 26.7 Å². The van der Waals surface area contributed by atoms with Gasteiger partial charge in [0.05, 0.1) is 16.5 Å². The third kappa shape index (κ3) is 6.76. The second-order valence-electron chi connectivity index (χ2n) is 9.21. The highest BCUT2D eigenvalue weighted by molar-refractivity contribution is 9.10. The molecule has 0 atom stereocenters. The van der Waals surface area contributed by atoms with Crippen LogP contribution in [0.25, 0.3) is 0 Å². The van der Waals surface area contributed by atoms with Crippen molar-refractivity contribution in [3.63, 3.8) is 0 Å². The average Bonchev–Trinajstić information content (AvgIpc) is 2.80. The van der Waals surface area contributed by atoms with Gasteiger partial charge in [0.1, 0.15) is 5.75 Å². The van der Waals surface area contributed by atoms with E-state index in [1.54, 1.807) is 18.7 Å². The van der Waals surface area contributed by atoms with E-state index in [0.717, 1.165) is 18.9 Å². The van der Waals surface area contributed by atoms with Gasteiger partial charge in [-0.2, -0.15) is 0 Å². The first kappa shape index (κ1) is 26.6. The van der Waals surface area contributed by atoms with Crippen LogP contribution in [-0.4, -0.2) is 90.0 Å². The van der Waals surface area contributed by atoms with Crippen LogP contribution in [0, 0.1) is 5.41 Å². The number of nitrogens with one attached hydrogen (secondary N) is 1. The lowest BCUT2D eigenvalue weighted by Gasteiger charge is -2.43. The van der Waals surface area contributed by atoms with E-state index >= 15 is 0 Å². The van der Waals surface area contributed by atoms with E-state index in [9.17, 15) is 27.9 Å². The molecule has 1 aromatic rings. The maximum atomic E-state index is 12.6. The molecule has 3 rings (SSSR count). The number of urea groups is 1. The number of anilines is 1. The lowest BCUT2D eigenvalue weighted by molar-refractivity contribution is -0.274. The molecule has 190 valence electrons. The van der Waals surface area contributed by atoms with Crippen LogP contribution >= 0.6 is 15.9 Å². The highest BCUT2D eigenvalue weighted by Crippen LogP contribution is 2.33. The summed E-state index contributed by atoms with van der Waals surface area (Å²) >= 11 is 3.01. The average molecular weight is 551 g/mol. The molecule has 0 radical (unpaired) electrons. The van der Waals surface area contributed by atoms with Gasteiger partial charge in [-0.05, 0) is 54.8 Å². The number of alkyl halides is 3. The van der Waals surface area contributed by atoms with Crippen LogP contribution in [0.3, 0.4) is 0 Å². The van der Waals surface area contributed by atoms with E-state index in [2.05, 4.69) is 30.9 Å². The number of benzene rings is 1. The number of halogens is 4. The largest absolute Gasteiger partial charge is 0.573 e. The van der Waals surface area contributed by atoms with Crippen molar-refractivity contribution in [3.8, 4) is 5.75 Å². The Hall–Kier alpha value is -2.05. The minimum atomic E-state index is -4.83. The Bertz CT molecular complexity index is 883. The second-order valence-corrected chi connectivity index (χ2v) is 10.1. The van der Waals surface area contributed by atoms with Crippen molar-refractivity contribution < 1.29 is 32.6 Å². The second kappa shape index (κ2) is 10.7. The number of hydrogen-bond acceptors (Lipinski definition) is 5. The van der Waals surface area contributed by atoms with Gasteiger partial charge < -0.3 is 25.0 Å². The van der Waals surface area contributed by atoms with Crippen LogP contribution in [-0.2, 0) is 4.79 Å². The molecule has 0 saturated carbocycles. The molecular weight excluding hydrogens is 521 g/mol. The zero-order chi connectivity index (χ0) is 25.1. The first-order valence-electron chi connectivity index (χ1n) is 11.1. The fourth-order valence-corrected chi connectivity index (χ4v) is 4.53. The zero-order valence-corrected chi connectivity index (χ0v) is 20.8. The number of carbonyl (C=O) groups excluding carboxylic acids is 2. The number of likely N-dealkylation sites (tertiary alicyclic amines) is 1. The van der Waals surface area contributed by atoms with Crippen molar-refractivity contribution in [1.29, 1.82) is 0 Å². The van der Waals surface area contributed by atoms with E-state index in [0.29, 0.717) is 45.3 Å². The van der Waals surface area contributed by atoms with Gasteiger partial charge in [0, 0.05) is 57.1 Å². The van der Waals surface area contributed by atoms with Gasteiger partial charge in [0.15, 0.2) is 0 Å². The quantitative estimate of drug-likeness (QED) is 0.586. The Morgan fingerprint density at radius 2 is 1.71 bits per heavy atom. The van der Waals surface area contributed by atoms with Crippen molar-refractivity contribution in [1.82, 2.24) is 14.7 Å². The van der Waals surface area contributed by atoms with Gasteiger partial charge in [-0.1, -0.05) is 0 Å². The van der Waals surface area contributed by atoms with Gasteiger partial charge in [-0.25, -0.2) is 4.79 Å². The van der Waals surface area contributed by atoms with Gasteiger partial charge in [-0.3, -0.25) is 9.69 Å². The van der Waals surface area contributed by atoms with Crippen LogP contribution in [0.5, 0.6) is 5.75 Å². The van der Waals surface area contributed by atoms with E-state index in [4.69, 9.17) is 0 Å². The number of carbonyl (C=O) groups is 2. The summed E-state index contributed by atoms with van der Waals surface area (Å²) in [4.78, 5) is 30.9. The smallest absolute Gasteiger partial charge is 0.405 e. The van der Waals surface area contributed by atoms with Gasteiger partial charge in [0.25, 0.3) is 0 Å². The Labute approximate surface area is 205 Å². The van der Waals surface area contributed by atoms with Gasteiger partial charge in [0.2, 0.25) is 5.91 Å². The topological polar surface area (TPSA) is 85.4 Å². The highest BCUT2D eigenvalue weighted by atomic mass is 79.9. The fraction of sp³-hybridized carbons (Fsp3) is 0.636. The monoisotopic (exact) mass is 550 g/mol. The molecule has 12 heteroatoms. The highest BCUT2D eigenvalue weighted by Gasteiger charge is 2.36. The van der Waals surface area contributed by atoms with Crippen molar-refractivity contribution >= 4 is 33.6 Å². The van der Waals surface area contributed by atoms with Crippen molar-refractivity contribution in [3.05, 3.63) is 22.7 Å². The van der Waals surface area contributed by atoms with Crippen molar-refractivity contribution in [2.75, 3.05) is 51.2 Å². The lowest BCUT2D eigenvalue weighted by atomic mass is 9.91. The summed E-state index contributed by atoms with van der Waals surface area (Å²) in [7, 11) is 0. The molecule has 0 aliphatic carbocycles. The molecule has 0 unspecified atom stereocenters. The summed E-state index contributed by atoms with van der Waals surface area (Å²) in [6, 6.07) is 3.94. The van der Waals surface area contributed by atoms with Crippen molar-refractivity contribution in [2.45, 2.75) is 39.1 Å². The summed E-state index contributed by atoms with van der Waals surface area (Å²) in [5.41, 5.74) is -0.571. The predicted octanol–water partition coefficient (Wildman–Crippen LogP) is 3.51. The number of hydrogen-bond donors (Lipinski definition) is 2. The number of amides is 3. The molecule has 2 N–H and O–H groups in total. The number of aliphatic hydroxyl groups excluding tert-OH is 1. The fourth-order valence-electron chi connectivity index (χ4n) is 4.21. The Morgan fingerprint density at radius 3 is 2.26 bits per heavy atom. The van der Waals surface area contributed by atoms with Crippen LogP contribution in [0.2, 0.25) is 0 Å². The normalized spacial score (nSPS) is 18.7. The van der Waals surface area contributed by atoms with Crippen molar-refractivity contribution in [2.24, 2.45) is 5.41 Å². The number of ether oxygens (including phenoxy) is 1. The molecule has 1 aromatic carbocycles. The summed E-state index contributed by atoms with van der Waals surface area (Å²) in [6.45, 7) is 6.91. The molecule has 2 aliphatic heterocycles. The minimum Gasteiger partial charge on any atom is -0.405 e. The molecule has 0 aromatic heterocycles. The molecular formula is C22H30BrF3N4O4. The standard InChI is InChI=1S/C22H30BrF3N4O4/c1-21(2,14-31)19(32)29-7-5-16(6-8-29)28-9-11-30(12-10-28)20(33)27-15-3-4-17(23)18(13-15)34-22(24,25)26/h3-4,13,16,31H,5-12,14H2,1-2H3,(H,27,33). The minimum absolute atomic E-state index is 0.0355. The first-order valence-corrected chi connectivity index (χ1v) is 11.9. The Balaban J connectivity index is 1.48. The van der Waals surface area contributed by atoms with Gasteiger partial charge in [-0.15, -0.1) is 13.2 Å². The van der Waals surface area contributed by atoms with E-state index in [1.807, 2.05) is 4.90 Å². The first-order chi connectivity index (χ1) is 15.9. The summed E-state index contributed by atoms with van der Waals surface area (Å²) in [5, 5.41) is 12.1. The molecule has 3 amide bonds. The molecule has 2 heterocycles. The molecule has 0 spiro atoms. The molecule has 0 bridgehead atoms. The number of piperidine rings is 1. The summed E-state index contributed by atoms with van der Waals surface area (Å²) in [6.07, 6.45) is -3.17. The molecule has 2 fully saturated rings. The molecule has 2 saturated heterocycles. The maximum absolute atomic E-state index is 12.6. The third-order valence-electron chi connectivity index (χ3n) is 6.25. The number of piperazine rings is 1. The van der Waals surface area contributed by atoms with Crippen LogP contribution < -0.4 is 10.1 Å². The SMILES string of the molecule is CC(C)(CO)C(=O)N1CCC(N2CCN(C(=O)Nc3ccc(Br)c(OC(F)(F)F)c3)CC2)CC1. The lowest BCUT2D eigenvalue weighted by Crippen LogP contribution is -2.56. The number of nitrogens with zero attached hydrogens (tertiary/aromatic N) is 3. The van der Waals surface area contributed by atoms with Gasteiger partial charge >= 0.3 is 12.4 Å². The van der Waals surface area contributed by atoms with E-state index in [1.165, 1.54) is 12.1 Å². The summed E-state index contributed by atoms with van der Waals surface area (Å²) < 4.78 is 41.8. The Kier molecular flexibility index (Phi) is 8.35. The molecule has 8 nitrogen and oxygen atoms in total. The van der Waals surface area contributed by atoms with E-state index in [-0.39, 0.29) is 28.7 Å². The maximum Gasteiger partial charge on any atom is 0.573 e. The zero-order valence-electron chi connectivity index (χ0n) is 19.2. The third-order valence-corrected chi connectivity index (χ3v) is 6.91. The number of rotatable bonds is 5. The number of aliphatic hydroxyl groups is 1. The predicted molar refractivity (Wildman–Crippen MR) is 123 cm³/mol. The molecule has 34 heavy (non-hydrogen) atoms. The van der Waals surface area contributed by atoms with E-state index < -0.39 is 17.5 Å². The Morgan fingerprint density at radius 1 is 1.09 bits per heavy atom. The van der Waals surface area contributed by atoms with Crippen LogP contribution in [0.15, 0.2) is 22.7 Å². The molecule has 2 aliphatic rings. The van der Waals surface area contributed by atoms with Crippen LogP contribution in [0.4, 0.5) is 23.7 Å².